The molecule has 4 aliphatic carbocycles. The second kappa shape index (κ2) is 8.94. The van der Waals surface area contributed by atoms with Gasteiger partial charge in [0.1, 0.15) is 6.10 Å². The third-order valence-electron chi connectivity index (χ3n) is 12.5. The monoisotopic (exact) mass is 516 g/mol. The Bertz CT molecular complexity index is 935. The molecule has 0 amide bonds. The molecule has 1 spiro atoms. The Hall–Kier alpha value is -1.14. The first kappa shape index (κ1) is 26.1. The van der Waals surface area contributed by atoms with E-state index < -0.39 is 5.79 Å². The maximum absolute atomic E-state index is 12.0. The first-order chi connectivity index (χ1) is 17.5. The molecule has 208 valence electrons. The normalized spacial score (nSPS) is 54.5. The van der Waals surface area contributed by atoms with E-state index in [1.807, 2.05) is 0 Å². The highest BCUT2D eigenvalue weighted by Crippen LogP contribution is 2.71. The standard InChI is InChI=1S/C31H48O6/c1-17-13-27(36-20(4)33)31(34-16-17)18(2)28-26(37-31)15-25-23-8-7-21-14-22(35-19(3)32)9-11-29(21,5)24(23)10-12-30(25,28)6/h17-18,21-28H,7-16H2,1-6H3/t17-,18+,21-,22-,23-,24+,25+,26+,27+,28+,29+,30+,31+/m1/s1. The van der Waals surface area contributed by atoms with Crippen LogP contribution in [0.2, 0.25) is 0 Å². The van der Waals surface area contributed by atoms with Crippen LogP contribution in [0.15, 0.2) is 0 Å². The van der Waals surface area contributed by atoms with Gasteiger partial charge in [0.25, 0.3) is 0 Å². The zero-order chi connectivity index (χ0) is 26.3. The Morgan fingerprint density at radius 1 is 0.838 bits per heavy atom. The predicted molar refractivity (Wildman–Crippen MR) is 138 cm³/mol. The van der Waals surface area contributed by atoms with Gasteiger partial charge in [-0.3, -0.25) is 9.59 Å². The predicted octanol–water partition coefficient (Wildman–Crippen LogP) is 5.91. The molecule has 6 heteroatoms. The van der Waals surface area contributed by atoms with E-state index in [1.54, 1.807) is 6.92 Å². The van der Waals surface area contributed by atoms with E-state index in [-0.39, 0.29) is 41.6 Å². The van der Waals surface area contributed by atoms with Gasteiger partial charge in [0.05, 0.1) is 12.7 Å². The molecular formula is C31H48O6. The molecule has 0 unspecified atom stereocenters. The highest BCUT2D eigenvalue weighted by molar-refractivity contribution is 5.66. The van der Waals surface area contributed by atoms with Gasteiger partial charge in [-0.2, -0.15) is 0 Å². The van der Waals surface area contributed by atoms with E-state index >= 15 is 0 Å². The van der Waals surface area contributed by atoms with E-state index in [0.717, 1.165) is 37.5 Å². The van der Waals surface area contributed by atoms with Crippen LogP contribution < -0.4 is 0 Å². The lowest BCUT2D eigenvalue weighted by Gasteiger charge is -2.61. The maximum Gasteiger partial charge on any atom is 0.303 e. The Morgan fingerprint density at radius 3 is 2.30 bits per heavy atom. The van der Waals surface area contributed by atoms with Crippen LogP contribution in [-0.4, -0.2) is 42.6 Å². The molecule has 6 aliphatic rings. The summed E-state index contributed by atoms with van der Waals surface area (Å²) < 4.78 is 25.0. The number of carbonyl (C=O) groups is 2. The van der Waals surface area contributed by atoms with Gasteiger partial charge in [0.15, 0.2) is 6.10 Å². The second-order valence-electron chi connectivity index (χ2n) is 14.4. The molecule has 0 aromatic rings. The molecule has 0 aromatic carbocycles. The molecule has 6 rings (SSSR count). The summed E-state index contributed by atoms with van der Waals surface area (Å²) in [5.74, 6) is 2.68. The zero-order valence-electron chi connectivity index (χ0n) is 23.8. The number of ether oxygens (including phenoxy) is 4. The quantitative estimate of drug-likeness (QED) is 0.425. The van der Waals surface area contributed by atoms with Crippen molar-refractivity contribution >= 4 is 11.9 Å². The zero-order valence-corrected chi connectivity index (χ0v) is 23.8. The fourth-order valence-electron chi connectivity index (χ4n) is 11.0. The van der Waals surface area contributed by atoms with E-state index in [0.29, 0.717) is 35.7 Å². The SMILES string of the molecule is CC(=O)O[C@@H]1CC[C@@]2(C)[C@H](CC[C@@H]3[C@@H]2CC[C@]2(C)[C@@H]4[C@H](C[C@@H]32)O[C@@]2(OC[C@H](C)C[C@@H]2OC(C)=O)[C@H]4C)C1. The smallest absolute Gasteiger partial charge is 0.303 e. The molecule has 0 aromatic heterocycles. The topological polar surface area (TPSA) is 71.1 Å². The van der Waals surface area contributed by atoms with Crippen molar-refractivity contribution in [2.24, 2.45) is 52.3 Å². The van der Waals surface area contributed by atoms with Crippen molar-refractivity contribution in [3.05, 3.63) is 0 Å². The number of esters is 2. The molecule has 6 nitrogen and oxygen atoms in total. The summed E-state index contributed by atoms with van der Waals surface area (Å²) in [7, 11) is 0. The molecule has 2 heterocycles. The summed E-state index contributed by atoms with van der Waals surface area (Å²) in [5.41, 5.74) is 0.593. The molecule has 0 N–H and O–H groups in total. The number of hydrogen-bond acceptors (Lipinski definition) is 6. The Balaban J connectivity index is 1.22. The van der Waals surface area contributed by atoms with Crippen molar-refractivity contribution < 1.29 is 28.5 Å². The molecule has 0 radical (unpaired) electrons. The van der Waals surface area contributed by atoms with Crippen LogP contribution >= 0.6 is 0 Å². The summed E-state index contributed by atoms with van der Waals surface area (Å²) in [6.07, 6.45) is 10.2. The second-order valence-corrected chi connectivity index (χ2v) is 14.4. The van der Waals surface area contributed by atoms with Crippen LogP contribution in [0.25, 0.3) is 0 Å². The van der Waals surface area contributed by atoms with Crippen LogP contribution in [0.5, 0.6) is 0 Å². The number of hydrogen-bond donors (Lipinski definition) is 0. The van der Waals surface area contributed by atoms with Crippen LogP contribution in [-0.2, 0) is 28.5 Å². The average Bonchev–Trinajstić information content (AvgIpc) is 3.27. The van der Waals surface area contributed by atoms with Gasteiger partial charge in [-0.1, -0.05) is 27.7 Å². The van der Waals surface area contributed by atoms with Gasteiger partial charge >= 0.3 is 11.9 Å². The maximum atomic E-state index is 12.0. The van der Waals surface area contributed by atoms with Crippen molar-refractivity contribution in [2.45, 2.75) is 123 Å². The molecule has 13 atom stereocenters. The highest BCUT2D eigenvalue weighted by atomic mass is 16.7. The first-order valence-electron chi connectivity index (χ1n) is 15.1. The van der Waals surface area contributed by atoms with Crippen molar-refractivity contribution in [3.8, 4) is 0 Å². The summed E-state index contributed by atoms with van der Waals surface area (Å²) in [5, 5.41) is 0. The third-order valence-corrected chi connectivity index (χ3v) is 12.5. The molecule has 2 saturated heterocycles. The molecule has 37 heavy (non-hydrogen) atoms. The van der Waals surface area contributed by atoms with Crippen molar-refractivity contribution in [2.75, 3.05) is 6.61 Å². The number of fused-ring (bicyclic) bond motifs is 7. The van der Waals surface area contributed by atoms with Gasteiger partial charge in [-0.05, 0) is 104 Å². The van der Waals surface area contributed by atoms with Crippen LogP contribution in [0.3, 0.4) is 0 Å². The summed E-state index contributed by atoms with van der Waals surface area (Å²) in [6, 6.07) is 0. The van der Waals surface area contributed by atoms with Crippen molar-refractivity contribution in [3.63, 3.8) is 0 Å². The molecular weight excluding hydrogens is 468 g/mol. The van der Waals surface area contributed by atoms with Gasteiger partial charge in [-0.25, -0.2) is 0 Å². The van der Waals surface area contributed by atoms with E-state index in [2.05, 4.69) is 27.7 Å². The number of carbonyl (C=O) groups excluding carboxylic acids is 2. The van der Waals surface area contributed by atoms with Gasteiger partial charge in [0.2, 0.25) is 5.79 Å². The highest BCUT2D eigenvalue weighted by Gasteiger charge is 2.71. The minimum Gasteiger partial charge on any atom is -0.463 e. The third kappa shape index (κ3) is 3.85. The van der Waals surface area contributed by atoms with Gasteiger partial charge < -0.3 is 18.9 Å². The lowest BCUT2D eigenvalue weighted by Crippen LogP contribution is -2.58. The summed E-state index contributed by atoms with van der Waals surface area (Å²) >= 11 is 0. The Morgan fingerprint density at radius 2 is 1.57 bits per heavy atom. The van der Waals surface area contributed by atoms with Crippen molar-refractivity contribution in [1.29, 1.82) is 0 Å². The van der Waals surface area contributed by atoms with E-state index in [9.17, 15) is 9.59 Å². The summed E-state index contributed by atoms with van der Waals surface area (Å²) in [4.78, 5) is 23.6. The first-order valence-corrected chi connectivity index (χ1v) is 15.1. The van der Waals surface area contributed by atoms with Gasteiger partial charge in [0, 0.05) is 19.8 Å². The molecule has 6 fully saturated rings. The lowest BCUT2D eigenvalue weighted by molar-refractivity contribution is -0.318. The minimum atomic E-state index is -0.795. The largest absolute Gasteiger partial charge is 0.463 e. The average molecular weight is 517 g/mol. The lowest BCUT2D eigenvalue weighted by atomic mass is 9.44. The fourth-order valence-corrected chi connectivity index (χ4v) is 11.0. The Labute approximate surface area is 222 Å². The fraction of sp³-hybridized carbons (Fsp3) is 0.935. The molecule has 2 aliphatic heterocycles. The number of rotatable bonds is 2. The molecule has 0 bridgehead atoms. The van der Waals surface area contributed by atoms with Gasteiger partial charge in [-0.15, -0.1) is 0 Å². The minimum absolute atomic E-state index is 0.112. The van der Waals surface area contributed by atoms with Crippen LogP contribution in [0, 0.1) is 52.3 Å². The van der Waals surface area contributed by atoms with Crippen molar-refractivity contribution in [1.82, 2.24) is 0 Å². The molecule has 4 saturated carbocycles. The Kier molecular flexibility index (Phi) is 6.31. The van der Waals surface area contributed by atoms with E-state index in [4.69, 9.17) is 18.9 Å². The van der Waals surface area contributed by atoms with Crippen LogP contribution in [0.1, 0.15) is 99.3 Å². The van der Waals surface area contributed by atoms with Crippen LogP contribution in [0.4, 0.5) is 0 Å². The van der Waals surface area contributed by atoms with E-state index in [1.165, 1.54) is 39.0 Å². The summed E-state index contributed by atoms with van der Waals surface area (Å²) in [6.45, 7) is 13.3.